The van der Waals surface area contributed by atoms with Crippen molar-refractivity contribution in [3.05, 3.63) is 106 Å². The molecule has 1 amide bonds. The lowest BCUT2D eigenvalue weighted by Gasteiger charge is -2.24. The van der Waals surface area contributed by atoms with Crippen LogP contribution in [0.1, 0.15) is 36.3 Å². The third-order valence-corrected chi connectivity index (χ3v) is 7.80. The van der Waals surface area contributed by atoms with Crippen LogP contribution in [0, 0.1) is 0 Å². The highest BCUT2D eigenvalue weighted by Gasteiger charge is 2.25. The zero-order valence-corrected chi connectivity index (χ0v) is 26.8. The molecule has 1 fully saturated rings. The Morgan fingerprint density at radius 3 is 2.22 bits per heavy atom. The second-order valence-electron chi connectivity index (χ2n) is 10.1. The molecule has 1 aliphatic rings. The van der Waals surface area contributed by atoms with E-state index < -0.39 is 17.9 Å². The highest BCUT2D eigenvalue weighted by atomic mass is 35.5. The van der Waals surface area contributed by atoms with Gasteiger partial charge in [-0.3, -0.25) is 4.79 Å². The highest BCUT2D eigenvalue weighted by Crippen LogP contribution is 2.29. The number of anilines is 2. The Bertz CT molecular complexity index is 1560. The van der Waals surface area contributed by atoms with Crippen LogP contribution in [-0.2, 0) is 16.1 Å². The van der Waals surface area contributed by atoms with Crippen LogP contribution in [0.5, 0.6) is 0 Å². The summed E-state index contributed by atoms with van der Waals surface area (Å²) in [6.07, 6.45) is 0.858. The van der Waals surface area contributed by atoms with Gasteiger partial charge >= 0.3 is 5.97 Å². The van der Waals surface area contributed by atoms with Crippen molar-refractivity contribution in [2.24, 2.45) is 0 Å². The minimum Gasteiger partial charge on any atom is -0.480 e. The Morgan fingerprint density at radius 2 is 1.53 bits per heavy atom. The summed E-state index contributed by atoms with van der Waals surface area (Å²) in [5, 5.41) is 13.1. The molecule has 9 nitrogen and oxygen atoms in total. The van der Waals surface area contributed by atoms with Crippen LogP contribution in [0.15, 0.2) is 84.9 Å². The van der Waals surface area contributed by atoms with Gasteiger partial charge in [0, 0.05) is 37.4 Å². The van der Waals surface area contributed by atoms with Gasteiger partial charge < -0.3 is 25.0 Å². The minimum atomic E-state index is -1.28. The lowest BCUT2D eigenvalue weighted by Crippen LogP contribution is -2.44. The van der Waals surface area contributed by atoms with Gasteiger partial charge in [0.2, 0.25) is 5.95 Å². The van der Waals surface area contributed by atoms with Crippen LogP contribution in [0.3, 0.4) is 0 Å². The van der Waals surface area contributed by atoms with E-state index in [0.29, 0.717) is 40.3 Å². The average Bonchev–Trinajstić information content (AvgIpc) is 3.34. The van der Waals surface area contributed by atoms with Gasteiger partial charge in [-0.25, -0.2) is 14.8 Å². The van der Waals surface area contributed by atoms with Gasteiger partial charge in [0.1, 0.15) is 5.69 Å². The Kier molecular flexibility index (Phi) is 12.6. The van der Waals surface area contributed by atoms with Gasteiger partial charge in [0.05, 0.1) is 29.0 Å². The van der Waals surface area contributed by atoms with Crippen molar-refractivity contribution in [1.82, 2.24) is 15.3 Å². The fourth-order valence-electron chi connectivity index (χ4n) is 4.79. The second-order valence-corrected chi connectivity index (χ2v) is 10.9. The number of carbonyl (C=O) groups excluding carboxylic acids is 1. The Balaban J connectivity index is 0.00000226. The predicted molar refractivity (Wildman–Crippen MR) is 179 cm³/mol. The molecule has 0 saturated carbocycles. The third kappa shape index (κ3) is 9.41. The Morgan fingerprint density at radius 1 is 0.867 bits per heavy atom. The van der Waals surface area contributed by atoms with Crippen LogP contribution in [0.2, 0.25) is 10.0 Å². The lowest BCUT2D eigenvalue weighted by atomic mass is 10.1. The van der Waals surface area contributed by atoms with E-state index >= 15 is 0 Å². The fraction of sp³-hybridized carbons (Fsp3) is 0.294. The Labute approximate surface area is 273 Å². The number of hydrogen-bond acceptors (Lipinski definition) is 7. The first-order valence-electron chi connectivity index (χ1n) is 14.9. The number of para-hydroxylation sites is 1. The average molecular weight is 651 g/mol. The SMILES string of the molecule is CC.O=C(NC(COCc1ccccc1)C(=O)O)c1cc(-c2ccc(Cl)c(Cl)c2)nc(N2CCCN(c3ccccc3)CC2)n1. The minimum absolute atomic E-state index is 0.0320. The number of aliphatic carboxylic acids is 1. The molecule has 0 aliphatic carbocycles. The van der Waals surface area contributed by atoms with Crippen LogP contribution in [-0.4, -0.2) is 65.8 Å². The van der Waals surface area contributed by atoms with Gasteiger partial charge in [-0.05, 0) is 42.3 Å². The van der Waals surface area contributed by atoms with Gasteiger partial charge in [-0.15, -0.1) is 0 Å². The maximum absolute atomic E-state index is 13.4. The van der Waals surface area contributed by atoms with Crippen molar-refractivity contribution in [3.8, 4) is 11.3 Å². The molecule has 1 saturated heterocycles. The molecule has 1 aromatic heterocycles. The van der Waals surface area contributed by atoms with Crippen molar-refractivity contribution in [3.63, 3.8) is 0 Å². The number of carboxylic acid groups (broad SMARTS) is 1. The van der Waals surface area contributed by atoms with E-state index in [4.69, 9.17) is 32.9 Å². The van der Waals surface area contributed by atoms with E-state index in [2.05, 4.69) is 27.3 Å². The number of hydrogen-bond donors (Lipinski definition) is 2. The first-order chi connectivity index (χ1) is 21.9. The largest absolute Gasteiger partial charge is 0.480 e. The molecule has 4 aromatic rings. The van der Waals surface area contributed by atoms with Crippen molar-refractivity contribution < 1.29 is 19.4 Å². The maximum atomic E-state index is 13.4. The number of nitrogens with zero attached hydrogens (tertiary/aromatic N) is 4. The molecule has 5 rings (SSSR count). The van der Waals surface area contributed by atoms with Crippen molar-refractivity contribution in [2.45, 2.75) is 32.9 Å². The Hall–Kier alpha value is -4.18. The number of benzene rings is 3. The van der Waals surface area contributed by atoms with E-state index in [1.807, 2.05) is 67.3 Å². The molecule has 1 atom stereocenters. The number of halogens is 2. The van der Waals surface area contributed by atoms with Crippen LogP contribution < -0.4 is 15.1 Å². The number of carboxylic acids is 1. The zero-order chi connectivity index (χ0) is 32.2. The quantitative estimate of drug-likeness (QED) is 0.198. The summed E-state index contributed by atoms with van der Waals surface area (Å²) in [5.74, 6) is -1.49. The lowest BCUT2D eigenvalue weighted by molar-refractivity contribution is -0.141. The number of carbonyl (C=O) groups is 2. The van der Waals surface area contributed by atoms with Crippen molar-refractivity contribution in [2.75, 3.05) is 42.6 Å². The van der Waals surface area contributed by atoms with E-state index in [9.17, 15) is 14.7 Å². The molecule has 0 bridgehead atoms. The first kappa shape index (κ1) is 33.7. The van der Waals surface area contributed by atoms with E-state index in [1.165, 1.54) is 6.07 Å². The molecular weight excluding hydrogens is 613 g/mol. The van der Waals surface area contributed by atoms with E-state index in [1.54, 1.807) is 18.2 Å². The molecule has 2 heterocycles. The number of amides is 1. The number of ether oxygens (including phenoxy) is 1. The molecular formula is C34H37Cl2N5O4. The summed E-state index contributed by atoms with van der Waals surface area (Å²) in [7, 11) is 0. The maximum Gasteiger partial charge on any atom is 0.328 e. The van der Waals surface area contributed by atoms with Crippen molar-refractivity contribution >= 4 is 46.7 Å². The molecule has 2 N–H and O–H groups in total. The van der Waals surface area contributed by atoms with E-state index in [0.717, 1.165) is 30.8 Å². The van der Waals surface area contributed by atoms with Gasteiger partial charge in [-0.2, -0.15) is 0 Å². The summed E-state index contributed by atoms with van der Waals surface area (Å²) < 4.78 is 5.61. The molecule has 45 heavy (non-hydrogen) atoms. The number of nitrogens with one attached hydrogen (secondary N) is 1. The number of aromatic nitrogens is 2. The first-order valence-corrected chi connectivity index (χ1v) is 15.7. The number of rotatable bonds is 10. The summed E-state index contributed by atoms with van der Waals surface area (Å²) in [4.78, 5) is 39.2. The molecule has 236 valence electrons. The molecule has 1 unspecified atom stereocenters. The van der Waals surface area contributed by atoms with Crippen molar-refractivity contribution in [1.29, 1.82) is 0 Å². The third-order valence-electron chi connectivity index (χ3n) is 7.06. The topological polar surface area (TPSA) is 108 Å². The monoisotopic (exact) mass is 649 g/mol. The molecule has 0 radical (unpaired) electrons. The predicted octanol–water partition coefficient (Wildman–Crippen LogP) is 6.59. The van der Waals surface area contributed by atoms with Crippen LogP contribution >= 0.6 is 23.2 Å². The summed E-state index contributed by atoms with van der Waals surface area (Å²) >= 11 is 12.4. The zero-order valence-electron chi connectivity index (χ0n) is 25.3. The summed E-state index contributed by atoms with van der Waals surface area (Å²) in [5.41, 5.74) is 3.18. The normalized spacial score (nSPS) is 13.7. The summed E-state index contributed by atoms with van der Waals surface area (Å²) in [6, 6.07) is 24.9. The van der Waals surface area contributed by atoms with Gasteiger partial charge in [-0.1, -0.05) is 91.6 Å². The molecule has 0 spiro atoms. The highest BCUT2D eigenvalue weighted by molar-refractivity contribution is 6.42. The van der Waals surface area contributed by atoms with Gasteiger partial charge in [0.15, 0.2) is 6.04 Å². The second kappa shape index (κ2) is 16.8. The van der Waals surface area contributed by atoms with Crippen LogP contribution in [0.4, 0.5) is 11.6 Å². The standard InChI is InChI=1S/C32H31Cl2N5O4.C2H6/c33-25-13-12-23(18-26(25)34)27-19-28(30(40)35-29(31(41)42)21-43-20-22-8-3-1-4-9-22)37-32(36-27)39-15-7-14-38(16-17-39)24-10-5-2-6-11-24;1-2/h1-6,8-13,18-19,29H,7,14-17,20-21H2,(H,35,40)(H,41,42);1-2H3. The molecule has 11 heteroatoms. The summed E-state index contributed by atoms with van der Waals surface area (Å²) in [6.45, 7) is 6.92. The molecule has 3 aromatic carbocycles. The van der Waals surface area contributed by atoms with Crippen LogP contribution in [0.25, 0.3) is 11.3 Å². The smallest absolute Gasteiger partial charge is 0.328 e. The molecule has 1 aliphatic heterocycles. The van der Waals surface area contributed by atoms with E-state index in [-0.39, 0.29) is 18.9 Å². The fourth-order valence-corrected chi connectivity index (χ4v) is 5.08. The van der Waals surface area contributed by atoms with Gasteiger partial charge in [0.25, 0.3) is 5.91 Å².